The minimum absolute atomic E-state index is 0.0845. The molecule has 1 N–H and O–H groups in total. The maximum atomic E-state index is 8.86. The summed E-state index contributed by atoms with van der Waals surface area (Å²) in [5.74, 6) is 0.859. The van der Waals surface area contributed by atoms with Crippen LogP contribution in [0.3, 0.4) is 0 Å². The Kier molecular flexibility index (Phi) is 2.96. The van der Waals surface area contributed by atoms with E-state index in [2.05, 4.69) is 4.98 Å². The molecule has 72 valence electrons. The Balaban J connectivity index is 1.92. The summed E-state index contributed by atoms with van der Waals surface area (Å²) in [7, 11) is 0. The van der Waals surface area contributed by atoms with Gasteiger partial charge in [0.2, 0.25) is 0 Å². The highest BCUT2D eigenvalue weighted by Gasteiger charge is 2.16. The summed E-state index contributed by atoms with van der Waals surface area (Å²) in [6, 6.07) is 0. The highest BCUT2D eigenvalue weighted by molar-refractivity contribution is 7.09. The normalized spacial score (nSPS) is 18.2. The first-order valence-electron chi connectivity index (χ1n) is 4.92. The van der Waals surface area contributed by atoms with Crippen molar-refractivity contribution in [1.82, 2.24) is 4.98 Å². The number of aromatic nitrogens is 1. The average molecular weight is 197 g/mol. The van der Waals surface area contributed by atoms with E-state index < -0.39 is 0 Å². The predicted octanol–water partition coefficient (Wildman–Crippen LogP) is 2.37. The molecule has 1 aromatic heterocycles. The van der Waals surface area contributed by atoms with Gasteiger partial charge in [-0.25, -0.2) is 4.98 Å². The molecule has 1 saturated carbocycles. The standard InChI is InChI=1S/C10H15NOS/c12-6-9-7-13-10(11-9)5-8-3-1-2-4-8/h7-8,12H,1-6H2. The van der Waals surface area contributed by atoms with Crippen LogP contribution >= 0.6 is 11.3 Å². The molecule has 1 heterocycles. The molecule has 0 atom stereocenters. The molecule has 2 nitrogen and oxygen atoms in total. The maximum absolute atomic E-state index is 8.86. The van der Waals surface area contributed by atoms with Gasteiger partial charge in [0.15, 0.2) is 0 Å². The van der Waals surface area contributed by atoms with E-state index in [1.165, 1.54) is 30.7 Å². The Bertz CT molecular complexity index is 266. The van der Waals surface area contributed by atoms with Crippen LogP contribution in [-0.2, 0) is 13.0 Å². The lowest BCUT2D eigenvalue weighted by molar-refractivity contribution is 0.277. The fourth-order valence-corrected chi connectivity index (χ4v) is 2.88. The third kappa shape index (κ3) is 2.29. The quantitative estimate of drug-likeness (QED) is 0.807. The lowest BCUT2D eigenvalue weighted by atomic mass is 10.1. The van der Waals surface area contributed by atoms with Crippen molar-refractivity contribution in [3.63, 3.8) is 0 Å². The fraction of sp³-hybridized carbons (Fsp3) is 0.700. The minimum Gasteiger partial charge on any atom is -0.390 e. The highest BCUT2D eigenvalue weighted by Crippen LogP contribution is 2.28. The number of rotatable bonds is 3. The van der Waals surface area contributed by atoms with E-state index in [1.807, 2.05) is 5.38 Å². The zero-order chi connectivity index (χ0) is 9.10. The van der Waals surface area contributed by atoms with Gasteiger partial charge in [-0.2, -0.15) is 0 Å². The smallest absolute Gasteiger partial charge is 0.0932 e. The zero-order valence-electron chi connectivity index (χ0n) is 7.70. The summed E-state index contributed by atoms with van der Waals surface area (Å²) in [6.45, 7) is 0.0845. The molecular weight excluding hydrogens is 182 g/mol. The van der Waals surface area contributed by atoms with Gasteiger partial charge in [0, 0.05) is 11.8 Å². The summed E-state index contributed by atoms with van der Waals surface area (Å²) in [6.07, 6.45) is 6.65. The second kappa shape index (κ2) is 4.20. The van der Waals surface area contributed by atoms with E-state index in [1.54, 1.807) is 11.3 Å². The van der Waals surface area contributed by atoms with E-state index in [0.717, 1.165) is 18.0 Å². The van der Waals surface area contributed by atoms with E-state index in [9.17, 15) is 0 Å². The number of aliphatic hydroxyl groups is 1. The molecule has 0 aliphatic heterocycles. The topological polar surface area (TPSA) is 33.1 Å². The van der Waals surface area contributed by atoms with Gasteiger partial charge in [-0.3, -0.25) is 0 Å². The lowest BCUT2D eigenvalue weighted by Crippen LogP contribution is -1.98. The predicted molar refractivity (Wildman–Crippen MR) is 53.7 cm³/mol. The van der Waals surface area contributed by atoms with Gasteiger partial charge in [0.1, 0.15) is 0 Å². The van der Waals surface area contributed by atoms with Gasteiger partial charge in [0.05, 0.1) is 17.3 Å². The molecule has 13 heavy (non-hydrogen) atoms. The summed E-state index contributed by atoms with van der Waals surface area (Å²) in [4.78, 5) is 4.36. The molecule has 0 unspecified atom stereocenters. The Morgan fingerprint density at radius 2 is 2.23 bits per heavy atom. The van der Waals surface area contributed by atoms with Crippen LogP contribution in [-0.4, -0.2) is 10.1 Å². The molecule has 1 aromatic rings. The average Bonchev–Trinajstić information content (AvgIpc) is 2.76. The van der Waals surface area contributed by atoms with Crippen molar-refractivity contribution in [2.24, 2.45) is 5.92 Å². The minimum atomic E-state index is 0.0845. The molecule has 1 fully saturated rings. The van der Waals surface area contributed by atoms with Gasteiger partial charge in [-0.1, -0.05) is 25.7 Å². The van der Waals surface area contributed by atoms with Crippen LogP contribution in [0.15, 0.2) is 5.38 Å². The molecule has 0 bridgehead atoms. The summed E-state index contributed by atoms with van der Waals surface area (Å²) < 4.78 is 0. The molecule has 0 radical (unpaired) electrons. The van der Waals surface area contributed by atoms with Crippen LogP contribution in [0.25, 0.3) is 0 Å². The summed E-state index contributed by atoms with van der Waals surface area (Å²) in [5, 5.41) is 12.0. The van der Waals surface area contributed by atoms with Gasteiger partial charge in [-0.05, 0) is 5.92 Å². The van der Waals surface area contributed by atoms with Gasteiger partial charge < -0.3 is 5.11 Å². The van der Waals surface area contributed by atoms with E-state index in [4.69, 9.17) is 5.11 Å². The van der Waals surface area contributed by atoms with E-state index in [-0.39, 0.29) is 6.61 Å². The van der Waals surface area contributed by atoms with Gasteiger partial charge in [-0.15, -0.1) is 11.3 Å². The molecular formula is C10H15NOS. The first-order valence-corrected chi connectivity index (χ1v) is 5.80. The van der Waals surface area contributed by atoms with Gasteiger partial charge in [0.25, 0.3) is 0 Å². The highest BCUT2D eigenvalue weighted by atomic mass is 32.1. The van der Waals surface area contributed by atoms with Crippen molar-refractivity contribution in [2.45, 2.75) is 38.7 Å². The number of nitrogens with zero attached hydrogens (tertiary/aromatic N) is 1. The number of hydrogen-bond acceptors (Lipinski definition) is 3. The monoisotopic (exact) mass is 197 g/mol. The first kappa shape index (κ1) is 9.16. The van der Waals surface area contributed by atoms with Crippen LogP contribution in [0.1, 0.15) is 36.4 Å². The van der Waals surface area contributed by atoms with Gasteiger partial charge >= 0.3 is 0 Å². The summed E-state index contributed by atoms with van der Waals surface area (Å²) >= 11 is 1.69. The van der Waals surface area contributed by atoms with Crippen molar-refractivity contribution < 1.29 is 5.11 Å². The Hall–Kier alpha value is -0.410. The molecule has 0 aromatic carbocycles. The molecule has 3 heteroatoms. The second-order valence-corrected chi connectivity index (χ2v) is 4.69. The van der Waals surface area contributed by atoms with Crippen LogP contribution in [0.2, 0.25) is 0 Å². The van der Waals surface area contributed by atoms with Crippen LogP contribution < -0.4 is 0 Å². The number of thiazole rings is 1. The first-order chi connectivity index (χ1) is 6.38. The van der Waals surface area contributed by atoms with Crippen LogP contribution in [0.5, 0.6) is 0 Å². The Morgan fingerprint density at radius 1 is 1.46 bits per heavy atom. The lowest BCUT2D eigenvalue weighted by Gasteiger charge is -2.04. The second-order valence-electron chi connectivity index (χ2n) is 3.75. The van der Waals surface area contributed by atoms with Crippen LogP contribution in [0, 0.1) is 5.92 Å². The fourth-order valence-electron chi connectivity index (χ4n) is 1.98. The molecule has 0 amide bonds. The molecule has 0 spiro atoms. The third-order valence-corrected chi connectivity index (χ3v) is 3.62. The van der Waals surface area contributed by atoms with Crippen molar-refractivity contribution >= 4 is 11.3 Å². The largest absolute Gasteiger partial charge is 0.390 e. The molecule has 2 rings (SSSR count). The SMILES string of the molecule is OCc1csc(CC2CCCC2)n1. The van der Waals surface area contributed by atoms with Crippen molar-refractivity contribution in [3.05, 3.63) is 16.1 Å². The Labute approximate surface area is 82.6 Å². The van der Waals surface area contributed by atoms with Crippen molar-refractivity contribution in [1.29, 1.82) is 0 Å². The van der Waals surface area contributed by atoms with Crippen molar-refractivity contribution in [2.75, 3.05) is 0 Å². The third-order valence-electron chi connectivity index (χ3n) is 2.70. The summed E-state index contributed by atoms with van der Waals surface area (Å²) in [5.41, 5.74) is 0.831. The molecule has 1 aliphatic carbocycles. The Morgan fingerprint density at radius 3 is 2.85 bits per heavy atom. The van der Waals surface area contributed by atoms with E-state index >= 15 is 0 Å². The van der Waals surface area contributed by atoms with Crippen molar-refractivity contribution in [3.8, 4) is 0 Å². The molecule has 0 saturated heterocycles. The zero-order valence-corrected chi connectivity index (χ0v) is 8.52. The van der Waals surface area contributed by atoms with Crippen LogP contribution in [0.4, 0.5) is 0 Å². The van der Waals surface area contributed by atoms with E-state index in [0.29, 0.717) is 0 Å². The number of hydrogen-bond donors (Lipinski definition) is 1. The number of aliphatic hydroxyl groups excluding tert-OH is 1. The molecule has 1 aliphatic rings. The maximum Gasteiger partial charge on any atom is 0.0932 e.